The van der Waals surface area contributed by atoms with Gasteiger partial charge in [-0.3, -0.25) is 19.5 Å². The molecule has 2 saturated heterocycles. The van der Waals surface area contributed by atoms with Crippen LogP contribution in [-0.4, -0.2) is 109 Å². The number of likely N-dealkylation sites (N-methyl/N-ethyl adjacent to an activating group) is 1. The van der Waals surface area contributed by atoms with Gasteiger partial charge in [0, 0.05) is 106 Å². The van der Waals surface area contributed by atoms with Crippen LogP contribution in [0.15, 0.2) is 55.2 Å². The molecule has 0 radical (unpaired) electrons. The van der Waals surface area contributed by atoms with Crippen LogP contribution in [0.2, 0.25) is 0 Å². The molecule has 280 valence electrons. The molecule has 1 atom stereocenters. The van der Waals surface area contributed by atoms with Gasteiger partial charge in [-0.1, -0.05) is 0 Å². The van der Waals surface area contributed by atoms with Crippen LogP contribution in [0, 0.1) is 0 Å². The number of hydrogen-bond acceptors (Lipinski definition) is 12. The van der Waals surface area contributed by atoms with Crippen molar-refractivity contribution in [3.8, 4) is 16.9 Å². The molecule has 0 saturated carbocycles. The first kappa shape index (κ1) is 36.3. The monoisotopic (exact) mass is 750 g/mol. The van der Waals surface area contributed by atoms with Crippen LogP contribution in [0.25, 0.3) is 22.2 Å². The van der Waals surface area contributed by atoms with Crippen LogP contribution >= 0.6 is 0 Å². The van der Waals surface area contributed by atoms with E-state index in [9.17, 15) is 17.4 Å². The Morgan fingerprint density at radius 3 is 2.36 bits per heavy atom. The molecule has 2 fully saturated rings. The van der Waals surface area contributed by atoms with Gasteiger partial charge in [-0.15, -0.1) is 0 Å². The second-order valence-corrected chi connectivity index (χ2v) is 14.3. The molecule has 53 heavy (non-hydrogen) atoms. The van der Waals surface area contributed by atoms with E-state index in [0.717, 1.165) is 75.1 Å². The fourth-order valence-corrected chi connectivity index (χ4v) is 7.42. The second-order valence-electron chi connectivity index (χ2n) is 13.2. The minimum Gasteiger partial charge on any atom is -0.494 e. The molecule has 7 rings (SSSR count). The maximum atomic E-state index is 14.3. The SMILES string of the molecule is COc1cc(N2CCC(N3CCN(C)CC3)CC2)c(-c2cnn(C)c2)cc1Nc1ncc(C(F)(F)F)c(Nc2ccc3nccnc3c2NS(C)=O)n1. The Morgan fingerprint density at radius 2 is 1.68 bits per heavy atom. The number of halogens is 3. The van der Waals surface area contributed by atoms with Gasteiger partial charge in [-0.2, -0.15) is 23.3 Å². The minimum absolute atomic E-state index is 0.106. The molecule has 3 N–H and O–H groups in total. The summed E-state index contributed by atoms with van der Waals surface area (Å²) in [6.45, 7) is 6.03. The zero-order chi connectivity index (χ0) is 37.3. The number of alkyl halides is 3. The van der Waals surface area contributed by atoms with Gasteiger partial charge in [0.05, 0.1) is 35.9 Å². The number of aryl methyl sites for hydroxylation is 1. The number of fused-ring (bicyclic) bond motifs is 1. The molecule has 5 aromatic rings. The summed E-state index contributed by atoms with van der Waals surface area (Å²) in [5.41, 5.74) is 3.26. The highest BCUT2D eigenvalue weighted by Crippen LogP contribution is 2.42. The number of aromatic nitrogens is 6. The van der Waals surface area contributed by atoms with Crippen molar-refractivity contribution in [3.05, 3.63) is 60.8 Å². The summed E-state index contributed by atoms with van der Waals surface area (Å²) in [6, 6.07) is 7.50. The van der Waals surface area contributed by atoms with E-state index < -0.39 is 28.5 Å². The number of nitrogens with zero attached hydrogens (tertiary/aromatic N) is 9. The zero-order valence-corrected chi connectivity index (χ0v) is 30.6. The third-order valence-electron chi connectivity index (χ3n) is 9.67. The van der Waals surface area contributed by atoms with E-state index in [4.69, 9.17) is 4.74 Å². The van der Waals surface area contributed by atoms with Crippen molar-refractivity contribution < 1.29 is 22.1 Å². The van der Waals surface area contributed by atoms with E-state index in [-0.39, 0.29) is 17.3 Å². The van der Waals surface area contributed by atoms with Gasteiger partial charge < -0.3 is 29.9 Å². The number of nitrogens with one attached hydrogen (secondary N) is 3. The van der Waals surface area contributed by atoms with E-state index in [0.29, 0.717) is 28.5 Å². The summed E-state index contributed by atoms with van der Waals surface area (Å²) >= 11 is 0. The molecule has 3 aromatic heterocycles. The standard InChI is InChI=1S/C35H41F3N12O2S/c1-47-13-15-49(16-14-47)23-7-11-50(12-8-23)29-18-30(52-3)28(17-24(29)22-19-42-48(2)21-22)44-34-41-20-25(35(36,37)38)33(45-34)43-27-6-5-26-31(40-10-9-39-26)32(27)46-53(4)51/h5-6,9-10,17-21,23,46H,7-8,11-16H2,1-4H3,(H2,41,43,44,45). The largest absolute Gasteiger partial charge is 0.494 e. The van der Waals surface area contributed by atoms with E-state index in [2.05, 4.69) is 62.1 Å². The van der Waals surface area contributed by atoms with Crippen molar-refractivity contribution in [2.24, 2.45) is 7.05 Å². The van der Waals surface area contributed by atoms with Crippen LogP contribution in [-0.2, 0) is 24.2 Å². The smallest absolute Gasteiger partial charge is 0.421 e. The molecular weight excluding hydrogens is 710 g/mol. The first-order chi connectivity index (χ1) is 25.5. The molecular formula is C35H41F3N12O2S. The highest BCUT2D eigenvalue weighted by Gasteiger charge is 2.36. The fourth-order valence-electron chi connectivity index (χ4n) is 6.93. The van der Waals surface area contributed by atoms with Crippen LogP contribution in [0.5, 0.6) is 5.75 Å². The third-order valence-corrected chi connectivity index (χ3v) is 10.2. The minimum atomic E-state index is -4.79. The van der Waals surface area contributed by atoms with Crippen molar-refractivity contribution >= 4 is 56.5 Å². The van der Waals surface area contributed by atoms with Gasteiger partial charge in [0.1, 0.15) is 33.6 Å². The fraction of sp³-hybridized carbons (Fsp3) is 0.400. The summed E-state index contributed by atoms with van der Waals surface area (Å²) < 4.78 is 65.6. The Labute approximate surface area is 307 Å². The summed E-state index contributed by atoms with van der Waals surface area (Å²) in [5.74, 6) is -0.155. The lowest BCUT2D eigenvalue weighted by Gasteiger charge is -2.43. The van der Waals surface area contributed by atoms with Crippen molar-refractivity contribution in [2.45, 2.75) is 25.1 Å². The zero-order valence-electron chi connectivity index (χ0n) is 29.8. The summed E-state index contributed by atoms with van der Waals surface area (Å²) in [5, 5.41) is 10.3. The molecule has 5 heterocycles. The van der Waals surface area contributed by atoms with Crippen molar-refractivity contribution in [3.63, 3.8) is 0 Å². The summed E-state index contributed by atoms with van der Waals surface area (Å²) in [7, 11) is 3.98. The van der Waals surface area contributed by atoms with Crippen molar-refractivity contribution in [1.29, 1.82) is 0 Å². The molecule has 0 amide bonds. The Hall–Kier alpha value is -5.07. The van der Waals surface area contributed by atoms with Gasteiger partial charge in [-0.25, -0.2) is 9.19 Å². The van der Waals surface area contributed by atoms with Crippen LogP contribution in [0.3, 0.4) is 0 Å². The molecule has 0 spiro atoms. The van der Waals surface area contributed by atoms with E-state index in [1.807, 2.05) is 25.4 Å². The van der Waals surface area contributed by atoms with Gasteiger partial charge in [0.15, 0.2) is 0 Å². The Kier molecular flexibility index (Phi) is 10.4. The average Bonchev–Trinajstić information content (AvgIpc) is 3.58. The first-order valence-corrected chi connectivity index (χ1v) is 18.7. The highest BCUT2D eigenvalue weighted by molar-refractivity contribution is 7.85. The van der Waals surface area contributed by atoms with Gasteiger partial charge in [-0.05, 0) is 38.1 Å². The number of anilines is 6. The Morgan fingerprint density at radius 1 is 0.925 bits per heavy atom. The second kappa shape index (κ2) is 15.1. The highest BCUT2D eigenvalue weighted by atomic mass is 32.2. The molecule has 0 aliphatic carbocycles. The van der Waals surface area contributed by atoms with E-state index in [1.165, 1.54) is 24.7 Å². The maximum absolute atomic E-state index is 14.3. The lowest BCUT2D eigenvalue weighted by atomic mass is 9.98. The predicted octanol–water partition coefficient (Wildman–Crippen LogP) is 5.26. The molecule has 0 bridgehead atoms. The molecule has 2 aliphatic heterocycles. The normalized spacial score (nSPS) is 16.8. The maximum Gasteiger partial charge on any atom is 0.421 e. The quantitative estimate of drug-likeness (QED) is 0.172. The number of rotatable bonds is 10. The Balaban J connectivity index is 1.22. The topological polar surface area (TPSA) is 141 Å². The van der Waals surface area contributed by atoms with Gasteiger partial charge in [0.2, 0.25) is 5.95 Å². The van der Waals surface area contributed by atoms with Crippen LogP contribution in [0.4, 0.5) is 47.7 Å². The number of methoxy groups -OCH3 is 1. The summed E-state index contributed by atoms with van der Waals surface area (Å²) in [4.78, 5) is 24.3. The number of piperazine rings is 1. The third kappa shape index (κ3) is 7.98. The summed E-state index contributed by atoms with van der Waals surface area (Å²) in [6.07, 6.45) is 6.04. The lowest BCUT2D eigenvalue weighted by Crippen LogP contribution is -2.52. The number of piperidine rings is 1. The molecule has 2 aromatic carbocycles. The van der Waals surface area contributed by atoms with Gasteiger partial charge >= 0.3 is 6.18 Å². The van der Waals surface area contributed by atoms with Crippen molar-refractivity contribution in [1.82, 2.24) is 39.5 Å². The van der Waals surface area contributed by atoms with Crippen LogP contribution < -0.4 is 25.0 Å². The molecule has 18 heteroatoms. The van der Waals surface area contributed by atoms with Crippen molar-refractivity contribution in [2.75, 3.05) is 79.9 Å². The molecule has 1 unspecified atom stereocenters. The van der Waals surface area contributed by atoms with Crippen LogP contribution in [0.1, 0.15) is 18.4 Å². The number of benzene rings is 2. The number of hydrogen-bond donors (Lipinski definition) is 3. The average molecular weight is 751 g/mol. The lowest BCUT2D eigenvalue weighted by molar-refractivity contribution is -0.137. The molecule has 2 aliphatic rings. The first-order valence-electron chi connectivity index (χ1n) is 17.2. The Bertz CT molecular complexity index is 2110. The number of ether oxygens (including phenoxy) is 1. The predicted molar refractivity (Wildman–Crippen MR) is 200 cm³/mol. The van der Waals surface area contributed by atoms with Gasteiger partial charge in [0.25, 0.3) is 0 Å². The van der Waals surface area contributed by atoms with E-state index in [1.54, 1.807) is 24.1 Å². The molecule has 14 nitrogen and oxygen atoms in total. The van der Waals surface area contributed by atoms with E-state index >= 15 is 0 Å².